The molecule has 0 aliphatic carbocycles. The van der Waals surface area contributed by atoms with Crippen LogP contribution in [0.1, 0.15) is 46.5 Å². The summed E-state index contributed by atoms with van der Waals surface area (Å²) in [4.78, 5) is 32.2. The van der Waals surface area contributed by atoms with E-state index in [0.29, 0.717) is 16.9 Å². The number of ether oxygens (including phenoxy) is 3. The van der Waals surface area contributed by atoms with Gasteiger partial charge < -0.3 is 14.2 Å². The number of hydrogen-bond acceptors (Lipinski definition) is 6. The third kappa shape index (κ3) is 4.26. The summed E-state index contributed by atoms with van der Waals surface area (Å²) in [5, 5.41) is 1.21. The number of methoxy groups -OCH3 is 2. The lowest BCUT2D eigenvalue weighted by molar-refractivity contribution is -0.238. The molecule has 0 unspecified atom stereocenters. The molecule has 0 saturated heterocycles. The van der Waals surface area contributed by atoms with Crippen molar-refractivity contribution in [2.75, 3.05) is 21.0 Å². The Morgan fingerprint density at radius 1 is 1.03 bits per heavy atom. The second-order valence-electron chi connectivity index (χ2n) is 8.29. The Morgan fingerprint density at radius 3 is 2.28 bits per heavy atom. The van der Waals surface area contributed by atoms with Gasteiger partial charge in [-0.3, -0.25) is 4.79 Å². The fourth-order valence-corrected chi connectivity index (χ4v) is 4.05. The summed E-state index contributed by atoms with van der Waals surface area (Å²) in [6.07, 6.45) is 0. The molecule has 32 heavy (non-hydrogen) atoms. The summed E-state index contributed by atoms with van der Waals surface area (Å²) in [6, 6.07) is 10.7. The van der Waals surface area contributed by atoms with Gasteiger partial charge in [0, 0.05) is 7.11 Å². The Kier molecular flexibility index (Phi) is 6.71. The normalized spacial score (nSPS) is 15.3. The average Bonchev–Trinajstić information content (AvgIpc) is 2.91. The molecular weight excluding hydrogens is 410 g/mol. The minimum atomic E-state index is -1.05. The molecule has 170 valence electrons. The number of carbonyl (C=O) groups is 2. The first kappa shape index (κ1) is 23.5. The molecule has 7 nitrogen and oxygen atoms in total. The smallest absolute Gasteiger partial charge is 0.343 e. The molecule has 7 heteroatoms. The van der Waals surface area contributed by atoms with Gasteiger partial charge in [0.05, 0.1) is 18.2 Å². The largest absolute Gasteiger partial charge is 0.497 e. The number of carbonyl (C=O) groups excluding carboxylic acids is 2. The summed E-state index contributed by atoms with van der Waals surface area (Å²) in [7, 11) is 3.00. The molecule has 0 fully saturated rings. The molecular formula is C25H29NO6. The average molecular weight is 440 g/mol. The van der Waals surface area contributed by atoms with Crippen LogP contribution in [0.5, 0.6) is 5.75 Å². The molecule has 3 rings (SSSR count). The molecule has 0 bridgehead atoms. The summed E-state index contributed by atoms with van der Waals surface area (Å²) < 4.78 is 16.1. The van der Waals surface area contributed by atoms with E-state index >= 15 is 0 Å². The maximum atomic E-state index is 13.5. The highest BCUT2D eigenvalue weighted by atomic mass is 16.8. The van der Waals surface area contributed by atoms with Crippen LogP contribution in [0.3, 0.4) is 0 Å². The molecule has 0 spiro atoms. The second kappa shape index (κ2) is 9.14. The van der Waals surface area contributed by atoms with Crippen LogP contribution >= 0.6 is 0 Å². The number of esters is 1. The molecule has 1 aliphatic rings. The van der Waals surface area contributed by atoms with Gasteiger partial charge in [-0.05, 0) is 69.5 Å². The quantitative estimate of drug-likeness (QED) is 0.472. The van der Waals surface area contributed by atoms with Crippen LogP contribution in [0.15, 0.2) is 42.2 Å². The lowest BCUT2D eigenvalue weighted by atomic mass is 9.91. The Bertz CT molecular complexity index is 1060. The zero-order valence-corrected chi connectivity index (χ0v) is 19.6. The Labute approximate surface area is 188 Å². The van der Waals surface area contributed by atoms with Crippen LogP contribution in [0.2, 0.25) is 0 Å². The monoisotopic (exact) mass is 439 g/mol. The number of benzene rings is 2. The van der Waals surface area contributed by atoms with Crippen molar-refractivity contribution >= 4 is 17.4 Å². The van der Waals surface area contributed by atoms with Gasteiger partial charge in [0.25, 0.3) is 5.91 Å². The van der Waals surface area contributed by atoms with Crippen molar-refractivity contribution in [1.82, 2.24) is 5.06 Å². The van der Waals surface area contributed by atoms with E-state index in [1.807, 2.05) is 32.9 Å². The van der Waals surface area contributed by atoms with Crippen molar-refractivity contribution in [2.24, 2.45) is 0 Å². The molecule has 0 N–H and O–H groups in total. The van der Waals surface area contributed by atoms with Crippen LogP contribution in [0, 0.1) is 20.8 Å². The highest BCUT2D eigenvalue weighted by Crippen LogP contribution is 2.43. The number of aryl methyl sites for hydroxylation is 3. The Hall–Kier alpha value is -3.16. The lowest BCUT2D eigenvalue weighted by Gasteiger charge is -2.31. The number of nitrogens with zero attached hydrogens (tertiary/aromatic N) is 1. The fourth-order valence-electron chi connectivity index (χ4n) is 4.05. The first-order valence-electron chi connectivity index (χ1n) is 10.3. The van der Waals surface area contributed by atoms with E-state index in [4.69, 9.17) is 19.0 Å². The van der Waals surface area contributed by atoms with E-state index < -0.39 is 17.4 Å². The maximum absolute atomic E-state index is 13.5. The summed E-state index contributed by atoms with van der Waals surface area (Å²) in [5.74, 6) is -0.226. The Balaban J connectivity index is 2.15. The highest BCUT2D eigenvalue weighted by molar-refractivity contribution is 6.23. The van der Waals surface area contributed by atoms with Gasteiger partial charge in [-0.15, -0.1) is 0 Å². The predicted molar refractivity (Wildman–Crippen MR) is 120 cm³/mol. The zero-order chi connectivity index (χ0) is 23.6. The van der Waals surface area contributed by atoms with Gasteiger partial charge in [-0.2, -0.15) is 0 Å². The molecule has 1 amide bonds. The minimum Gasteiger partial charge on any atom is -0.497 e. The van der Waals surface area contributed by atoms with Crippen molar-refractivity contribution in [3.8, 4) is 5.75 Å². The molecule has 0 radical (unpaired) electrons. The van der Waals surface area contributed by atoms with Gasteiger partial charge in [0.2, 0.25) is 0 Å². The molecule has 2 aromatic carbocycles. The highest BCUT2D eigenvalue weighted by Gasteiger charge is 2.50. The van der Waals surface area contributed by atoms with Gasteiger partial charge in [0.15, 0.2) is 6.79 Å². The lowest BCUT2D eigenvalue weighted by Crippen LogP contribution is -2.44. The van der Waals surface area contributed by atoms with E-state index in [0.717, 1.165) is 22.3 Å². The summed E-state index contributed by atoms with van der Waals surface area (Å²) in [5.41, 5.74) is 3.19. The van der Waals surface area contributed by atoms with E-state index in [-0.39, 0.29) is 12.6 Å². The van der Waals surface area contributed by atoms with E-state index in [1.54, 1.807) is 38.1 Å². The second-order valence-corrected chi connectivity index (χ2v) is 8.29. The number of hydroxylamine groups is 2. The van der Waals surface area contributed by atoms with Crippen molar-refractivity contribution in [2.45, 2.75) is 40.2 Å². The number of hydrogen-bond donors (Lipinski definition) is 0. The Morgan fingerprint density at radius 2 is 1.69 bits per heavy atom. The van der Waals surface area contributed by atoms with E-state index in [2.05, 4.69) is 0 Å². The van der Waals surface area contributed by atoms with Crippen LogP contribution in [-0.2, 0) is 19.1 Å². The van der Waals surface area contributed by atoms with Gasteiger partial charge in [-0.25, -0.2) is 14.7 Å². The topological polar surface area (TPSA) is 74.3 Å². The van der Waals surface area contributed by atoms with Crippen molar-refractivity contribution in [3.63, 3.8) is 0 Å². The molecule has 1 aliphatic heterocycles. The standard InChI is InChI=1S/C25H29NO6/c1-15-11-16(2)20(17(3)12-15)21-22(25(4,5)26(23(21)27)31-14-29-6)32-24(28)18-9-8-10-19(13-18)30-7/h8-13H,14H2,1-7H3. The molecule has 0 saturated carbocycles. The van der Waals surface area contributed by atoms with Crippen LogP contribution < -0.4 is 4.74 Å². The first-order chi connectivity index (χ1) is 15.1. The summed E-state index contributed by atoms with van der Waals surface area (Å²) >= 11 is 0. The van der Waals surface area contributed by atoms with Gasteiger partial charge in [-0.1, -0.05) is 23.8 Å². The summed E-state index contributed by atoms with van der Waals surface area (Å²) in [6.45, 7) is 9.27. The minimum absolute atomic E-state index is 0.120. The maximum Gasteiger partial charge on any atom is 0.343 e. The van der Waals surface area contributed by atoms with Crippen molar-refractivity contribution in [3.05, 3.63) is 70.0 Å². The first-order valence-corrected chi connectivity index (χ1v) is 10.3. The molecule has 0 aromatic heterocycles. The molecule has 2 aromatic rings. The van der Waals surface area contributed by atoms with E-state index in [9.17, 15) is 9.59 Å². The van der Waals surface area contributed by atoms with Gasteiger partial charge in [0.1, 0.15) is 17.0 Å². The molecule has 1 heterocycles. The third-order valence-corrected chi connectivity index (χ3v) is 5.42. The van der Waals surface area contributed by atoms with Crippen LogP contribution in [-0.4, -0.2) is 43.5 Å². The van der Waals surface area contributed by atoms with E-state index in [1.165, 1.54) is 19.3 Å². The van der Waals surface area contributed by atoms with Crippen molar-refractivity contribution < 1.29 is 28.6 Å². The van der Waals surface area contributed by atoms with Gasteiger partial charge >= 0.3 is 5.97 Å². The van der Waals surface area contributed by atoms with Crippen molar-refractivity contribution in [1.29, 1.82) is 0 Å². The number of rotatable bonds is 7. The molecule has 0 atom stereocenters. The SMILES string of the molecule is COCON1C(=O)C(c2c(C)cc(C)cc2C)=C(OC(=O)c2cccc(OC)c2)C1(C)C. The third-order valence-electron chi connectivity index (χ3n) is 5.42. The number of amides is 1. The predicted octanol–water partition coefficient (Wildman–Crippen LogP) is 4.34. The van der Waals surface area contributed by atoms with Crippen LogP contribution in [0.4, 0.5) is 0 Å². The fraction of sp³-hybridized carbons (Fsp3) is 0.360. The van der Waals surface area contributed by atoms with Crippen LogP contribution in [0.25, 0.3) is 5.57 Å². The zero-order valence-electron chi connectivity index (χ0n) is 19.6.